The molecule has 142 valence electrons. The Morgan fingerprint density at radius 1 is 1.23 bits per heavy atom. The van der Waals surface area contributed by atoms with Crippen molar-refractivity contribution in [2.75, 3.05) is 26.2 Å². The van der Waals surface area contributed by atoms with Crippen molar-refractivity contribution in [3.63, 3.8) is 0 Å². The molecule has 2 atom stereocenters. The molecule has 2 amide bonds. The molecule has 1 aromatic rings. The van der Waals surface area contributed by atoms with Gasteiger partial charge in [-0.1, -0.05) is 27.7 Å². The van der Waals surface area contributed by atoms with Gasteiger partial charge in [-0.15, -0.1) is 11.3 Å². The molecular formula is C19H27N3O3S. The fourth-order valence-corrected chi connectivity index (χ4v) is 4.71. The highest BCUT2D eigenvalue weighted by molar-refractivity contribution is 7.11. The van der Waals surface area contributed by atoms with Crippen molar-refractivity contribution < 1.29 is 14.4 Å². The maximum atomic E-state index is 12.5. The van der Waals surface area contributed by atoms with Crippen molar-refractivity contribution in [1.29, 1.82) is 0 Å². The highest BCUT2D eigenvalue weighted by atomic mass is 32.1. The summed E-state index contributed by atoms with van der Waals surface area (Å²) in [6.45, 7) is 10.4. The fraction of sp³-hybridized carbons (Fsp3) is 0.684. The van der Waals surface area contributed by atoms with Gasteiger partial charge in [-0.2, -0.15) is 0 Å². The van der Waals surface area contributed by atoms with Gasteiger partial charge in [0.05, 0.1) is 11.7 Å². The largest absolute Gasteiger partial charge is 0.341 e. The summed E-state index contributed by atoms with van der Waals surface area (Å²) in [4.78, 5) is 44.7. The van der Waals surface area contributed by atoms with Crippen LogP contribution in [0.15, 0.2) is 11.7 Å². The summed E-state index contributed by atoms with van der Waals surface area (Å²) in [5.41, 5.74) is 1.50. The van der Waals surface area contributed by atoms with E-state index in [9.17, 15) is 14.4 Å². The quantitative estimate of drug-likeness (QED) is 0.758. The lowest BCUT2D eigenvalue weighted by molar-refractivity contribution is -0.148. The summed E-state index contributed by atoms with van der Waals surface area (Å²) in [6, 6.07) is 0. The average Bonchev–Trinajstić information content (AvgIpc) is 3.04. The van der Waals surface area contributed by atoms with E-state index in [-0.39, 0.29) is 34.5 Å². The van der Waals surface area contributed by atoms with E-state index in [4.69, 9.17) is 0 Å². The van der Waals surface area contributed by atoms with Crippen molar-refractivity contribution in [3.05, 3.63) is 16.6 Å². The number of aromatic nitrogens is 1. The molecule has 7 heteroatoms. The Balaban J connectivity index is 0.000000948. The Kier molecular flexibility index (Phi) is 4.94. The Bertz CT molecular complexity index is 695. The van der Waals surface area contributed by atoms with Crippen LogP contribution in [0.2, 0.25) is 0 Å². The van der Waals surface area contributed by atoms with Crippen LogP contribution in [-0.2, 0) is 9.59 Å². The minimum absolute atomic E-state index is 0.0608. The van der Waals surface area contributed by atoms with Crippen molar-refractivity contribution in [1.82, 2.24) is 14.8 Å². The molecule has 1 saturated carbocycles. The molecule has 1 aromatic heterocycles. The van der Waals surface area contributed by atoms with Gasteiger partial charge in [0.2, 0.25) is 5.91 Å². The molecule has 2 saturated heterocycles. The summed E-state index contributed by atoms with van der Waals surface area (Å²) in [6.07, 6.45) is 3.48. The van der Waals surface area contributed by atoms with Crippen LogP contribution in [0.1, 0.15) is 43.8 Å². The zero-order valence-corrected chi connectivity index (χ0v) is 16.7. The van der Waals surface area contributed by atoms with Gasteiger partial charge >= 0.3 is 0 Å². The first kappa shape index (κ1) is 19.0. The van der Waals surface area contributed by atoms with Gasteiger partial charge in [0.15, 0.2) is 0 Å². The fourth-order valence-electron chi connectivity index (χ4n) is 4.13. The third-order valence-electron chi connectivity index (χ3n) is 5.94. The maximum Gasteiger partial charge on any atom is 0.265 e. The third-order valence-corrected chi connectivity index (χ3v) is 6.70. The summed E-state index contributed by atoms with van der Waals surface area (Å²) in [7, 11) is 0. The summed E-state index contributed by atoms with van der Waals surface area (Å²) in [5, 5.41) is 0. The molecule has 3 aliphatic rings. The van der Waals surface area contributed by atoms with Gasteiger partial charge in [0.1, 0.15) is 11.2 Å². The maximum absolute atomic E-state index is 12.5. The summed E-state index contributed by atoms with van der Waals surface area (Å²) in [5.74, 6) is 0.0864. The number of aldehydes is 1. The zero-order chi connectivity index (χ0) is 19.1. The van der Waals surface area contributed by atoms with Crippen LogP contribution in [0.4, 0.5) is 0 Å². The molecule has 1 aliphatic carbocycles. The number of thiazole rings is 1. The van der Waals surface area contributed by atoms with Gasteiger partial charge in [-0.25, -0.2) is 0 Å². The van der Waals surface area contributed by atoms with E-state index in [0.29, 0.717) is 31.1 Å². The van der Waals surface area contributed by atoms with E-state index >= 15 is 0 Å². The zero-order valence-electron chi connectivity index (χ0n) is 15.9. The topological polar surface area (TPSA) is 70.6 Å². The van der Waals surface area contributed by atoms with Crippen LogP contribution < -0.4 is 0 Å². The van der Waals surface area contributed by atoms with Crippen LogP contribution in [0.3, 0.4) is 0 Å². The molecule has 0 aromatic carbocycles. The van der Waals surface area contributed by atoms with Crippen LogP contribution in [-0.4, -0.2) is 59.1 Å². The molecular weight excluding hydrogens is 350 g/mol. The highest BCUT2D eigenvalue weighted by Gasteiger charge is 2.60. The molecule has 1 spiro atoms. The molecule has 26 heavy (non-hydrogen) atoms. The predicted molar refractivity (Wildman–Crippen MR) is 99.8 cm³/mol. The lowest BCUT2D eigenvalue weighted by atomic mass is 9.72. The molecule has 1 unspecified atom stereocenters. The second-order valence-corrected chi connectivity index (χ2v) is 8.98. The molecule has 6 nitrogen and oxygen atoms in total. The average molecular weight is 378 g/mol. The van der Waals surface area contributed by atoms with Gasteiger partial charge in [0.25, 0.3) is 5.91 Å². The second kappa shape index (κ2) is 6.76. The minimum atomic E-state index is -0.253. The molecule has 3 heterocycles. The standard InChI is InChI=1S/C17H21N3O3S.C2H6/c1-16(2)3-12(16)14(22)20-8-17(9-20)7-19(5-11(17)6-21)15(23)13-4-18-10-24-13;1-2/h4,6,10-12H,3,5,7-9H2,1-2H3;1-2H3/t11?,12-;/m1./s1. The molecule has 4 rings (SSSR count). The molecule has 3 fully saturated rings. The Morgan fingerprint density at radius 3 is 2.35 bits per heavy atom. The number of rotatable bonds is 3. The van der Waals surface area contributed by atoms with Crippen LogP contribution in [0.25, 0.3) is 0 Å². The summed E-state index contributed by atoms with van der Waals surface area (Å²) >= 11 is 1.31. The van der Waals surface area contributed by atoms with Crippen LogP contribution in [0.5, 0.6) is 0 Å². The molecule has 0 N–H and O–H groups in total. The number of hydrogen-bond donors (Lipinski definition) is 0. The van der Waals surface area contributed by atoms with Crippen molar-refractivity contribution in [2.45, 2.75) is 34.1 Å². The molecule has 2 aliphatic heterocycles. The number of carbonyl (C=O) groups is 3. The number of likely N-dealkylation sites (tertiary alicyclic amines) is 2. The highest BCUT2D eigenvalue weighted by Crippen LogP contribution is 2.54. The Morgan fingerprint density at radius 2 is 1.85 bits per heavy atom. The Hall–Kier alpha value is -1.76. The summed E-state index contributed by atoms with van der Waals surface area (Å²) < 4.78 is 0. The molecule has 0 bridgehead atoms. The van der Waals surface area contributed by atoms with E-state index in [0.717, 1.165) is 12.7 Å². The van der Waals surface area contributed by atoms with Gasteiger partial charge in [-0.05, 0) is 11.8 Å². The van der Waals surface area contributed by atoms with Crippen molar-refractivity contribution in [2.24, 2.45) is 22.7 Å². The monoisotopic (exact) mass is 377 g/mol. The lowest BCUT2D eigenvalue weighted by Gasteiger charge is -2.50. The first-order chi connectivity index (χ1) is 12.4. The third kappa shape index (κ3) is 3.06. The number of amides is 2. The predicted octanol–water partition coefficient (Wildman–Crippen LogP) is 2.31. The van der Waals surface area contributed by atoms with E-state index in [1.165, 1.54) is 11.3 Å². The number of hydrogen-bond acceptors (Lipinski definition) is 5. The van der Waals surface area contributed by atoms with Gasteiger partial charge in [0, 0.05) is 43.4 Å². The van der Waals surface area contributed by atoms with Crippen LogP contribution in [0, 0.1) is 22.7 Å². The van der Waals surface area contributed by atoms with E-state index in [1.807, 2.05) is 18.7 Å². The lowest BCUT2D eigenvalue weighted by Crippen LogP contribution is -2.63. The van der Waals surface area contributed by atoms with Gasteiger partial charge in [-0.3, -0.25) is 14.6 Å². The number of carbonyl (C=O) groups excluding carboxylic acids is 3. The SMILES string of the molecule is CC.CC1(C)C[C@@H]1C(=O)N1CC2(CN(C(=O)c3cncs3)CC2C=O)C1. The Labute approximate surface area is 158 Å². The van der Waals surface area contributed by atoms with E-state index in [1.54, 1.807) is 16.6 Å². The smallest absolute Gasteiger partial charge is 0.265 e. The second-order valence-electron chi connectivity index (χ2n) is 8.10. The van der Waals surface area contributed by atoms with E-state index < -0.39 is 0 Å². The van der Waals surface area contributed by atoms with Crippen LogP contribution >= 0.6 is 11.3 Å². The minimum Gasteiger partial charge on any atom is -0.341 e. The molecule has 0 radical (unpaired) electrons. The van der Waals surface area contributed by atoms with Crippen molar-refractivity contribution >= 4 is 29.4 Å². The van der Waals surface area contributed by atoms with E-state index in [2.05, 4.69) is 18.8 Å². The normalized spacial score (nSPS) is 27.4. The van der Waals surface area contributed by atoms with Gasteiger partial charge < -0.3 is 14.6 Å². The first-order valence-electron chi connectivity index (χ1n) is 9.28. The van der Waals surface area contributed by atoms with Crippen molar-refractivity contribution in [3.8, 4) is 0 Å². The number of nitrogens with zero attached hydrogens (tertiary/aromatic N) is 3. The first-order valence-corrected chi connectivity index (χ1v) is 10.2.